The van der Waals surface area contributed by atoms with E-state index in [-0.39, 0.29) is 5.91 Å². The normalized spacial score (nSPS) is 11.4. The van der Waals surface area contributed by atoms with E-state index in [1.807, 2.05) is 86.5 Å². The van der Waals surface area contributed by atoms with Crippen LogP contribution in [0.25, 0.3) is 27.7 Å². The number of rotatable bonds is 5. The van der Waals surface area contributed by atoms with Gasteiger partial charge in [0, 0.05) is 36.1 Å². The van der Waals surface area contributed by atoms with Crippen LogP contribution in [-0.4, -0.2) is 39.8 Å². The molecule has 1 N–H and O–H groups in total. The third-order valence-corrected chi connectivity index (χ3v) is 6.24. The average Bonchev–Trinajstić information content (AvgIpc) is 3.56. The van der Waals surface area contributed by atoms with Gasteiger partial charge >= 0.3 is 0 Å². The number of carbonyl (C=O) groups is 1. The van der Waals surface area contributed by atoms with E-state index in [1.165, 1.54) is 0 Å². The average molecular weight is 477 g/mol. The van der Waals surface area contributed by atoms with Crippen molar-refractivity contribution in [1.29, 1.82) is 0 Å². The van der Waals surface area contributed by atoms with Gasteiger partial charge in [0.15, 0.2) is 0 Å². The molecule has 1 amide bonds. The summed E-state index contributed by atoms with van der Waals surface area (Å²) in [7, 11) is 1.88. The van der Waals surface area contributed by atoms with E-state index in [2.05, 4.69) is 20.4 Å². The van der Waals surface area contributed by atoms with Crippen LogP contribution in [0.4, 0.5) is 5.69 Å². The van der Waals surface area contributed by atoms with Crippen LogP contribution < -0.4 is 5.32 Å². The Labute approximate surface area is 207 Å². The molecule has 0 atom stereocenters. The van der Waals surface area contributed by atoms with Crippen LogP contribution in [-0.2, 0) is 13.6 Å². The van der Waals surface area contributed by atoms with Crippen molar-refractivity contribution in [2.75, 3.05) is 5.32 Å². The first-order chi connectivity index (χ1) is 17.5. The summed E-state index contributed by atoms with van der Waals surface area (Å²) >= 11 is 0. The van der Waals surface area contributed by atoms with Gasteiger partial charge in [-0.05, 0) is 55.8 Å². The molecule has 6 rings (SSSR count). The lowest BCUT2D eigenvalue weighted by atomic mass is 10.1. The summed E-state index contributed by atoms with van der Waals surface area (Å²) in [4.78, 5) is 22.4. The Kier molecular flexibility index (Phi) is 5.10. The van der Waals surface area contributed by atoms with E-state index < -0.39 is 0 Å². The zero-order chi connectivity index (χ0) is 24.8. The number of amides is 1. The van der Waals surface area contributed by atoms with Gasteiger partial charge in [0.1, 0.15) is 11.3 Å². The first-order valence-electron chi connectivity index (χ1n) is 11.6. The van der Waals surface area contributed by atoms with E-state index in [0.29, 0.717) is 23.6 Å². The highest BCUT2D eigenvalue weighted by Crippen LogP contribution is 2.28. The van der Waals surface area contributed by atoms with Crippen molar-refractivity contribution in [1.82, 2.24) is 33.9 Å². The Morgan fingerprint density at radius 3 is 2.69 bits per heavy atom. The van der Waals surface area contributed by atoms with E-state index in [0.717, 1.165) is 39.1 Å². The number of fused-ring (bicyclic) bond motifs is 2. The van der Waals surface area contributed by atoms with Crippen molar-refractivity contribution in [2.45, 2.75) is 20.4 Å². The zero-order valence-corrected chi connectivity index (χ0v) is 20.2. The van der Waals surface area contributed by atoms with Gasteiger partial charge in [0.05, 0.1) is 41.5 Å². The van der Waals surface area contributed by atoms with Gasteiger partial charge in [-0.2, -0.15) is 10.2 Å². The van der Waals surface area contributed by atoms with Crippen LogP contribution in [0.15, 0.2) is 73.3 Å². The van der Waals surface area contributed by atoms with Crippen LogP contribution in [0.3, 0.4) is 0 Å². The van der Waals surface area contributed by atoms with Crippen molar-refractivity contribution >= 4 is 28.1 Å². The molecule has 9 heteroatoms. The van der Waals surface area contributed by atoms with Gasteiger partial charge in [-0.15, -0.1) is 0 Å². The third kappa shape index (κ3) is 3.80. The first-order valence-corrected chi connectivity index (χ1v) is 11.6. The second-order valence-electron chi connectivity index (χ2n) is 8.86. The number of imidazole rings is 1. The monoisotopic (exact) mass is 476 g/mol. The Bertz CT molecular complexity index is 1760. The van der Waals surface area contributed by atoms with Crippen LogP contribution in [0.1, 0.15) is 27.6 Å². The molecule has 0 aliphatic rings. The lowest BCUT2D eigenvalue weighted by molar-refractivity contribution is 0.102. The molecule has 0 aliphatic heterocycles. The molecular weight excluding hydrogens is 452 g/mol. The van der Waals surface area contributed by atoms with Crippen LogP contribution in [0, 0.1) is 13.8 Å². The molecule has 0 saturated carbocycles. The van der Waals surface area contributed by atoms with Crippen LogP contribution >= 0.6 is 0 Å². The number of aryl methyl sites for hydroxylation is 3. The summed E-state index contributed by atoms with van der Waals surface area (Å²) in [6.07, 6.45) is 7.21. The maximum Gasteiger partial charge on any atom is 0.274 e. The highest BCUT2D eigenvalue weighted by atomic mass is 16.2. The Morgan fingerprint density at radius 2 is 1.89 bits per heavy atom. The lowest BCUT2D eigenvalue weighted by Gasteiger charge is -2.08. The van der Waals surface area contributed by atoms with E-state index in [4.69, 9.17) is 5.10 Å². The minimum Gasteiger partial charge on any atom is -0.320 e. The Hall–Kier alpha value is -4.79. The van der Waals surface area contributed by atoms with Crippen molar-refractivity contribution in [3.8, 4) is 11.1 Å². The standard InChI is InChI=1S/C27H24N8O/c1-17-6-4-7-21(30-17)16-35-23-9-5-8-22(26(23)18(2)32-35)31-27(36)24-14-28-25-12-19(10-11-34(24)25)20-13-29-33(3)15-20/h4-15H,16H2,1-3H3,(H,31,36). The van der Waals surface area contributed by atoms with E-state index in [1.54, 1.807) is 21.5 Å². The Morgan fingerprint density at radius 1 is 1.03 bits per heavy atom. The zero-order valence-electron chi connectivity index (χ0n) is 20.2. The number of hydrogen-bond donors (Lipinski definition) is 1. The molecule has 178 valence electrons. The molecule has 0 unspecified atom stereocenters. The molecule has 1 aromatic carbocycles. The van der Waals surface area contributed by atoms with Crippen LogP contribution in [0.2, 0.25) is 0 Å². The predicted molar refractivity (Wildman–Crippen MR) is 138 cm³/mol. The molecule has 6 aromatic rings. The fourth-order valence-electron chi connectivity index (χ4n) is 4.57. The minimum absolute atomic E-state index is 0.239. The summed E-state index contributed by atoms with van der Waals surface area (Å²) < 4.78 is 5.47. The summed E-state index contributed by atoms with van der Waals surface area (Å²) in [6, 6.07) is 15.7. The quantitative estimate of drug-likeness (QED) is 0.398. The maximum atomic E-state index is 13.3. The van der Waals surface area contributed by atoms with Gasteiger partial charge in [0.2, 0.25) is 0 Å². The van der Waals surface area contributed by atoms with Crippen LogP contribution in [0.5, 0.6) is 0 Å². The third-order valence-electron chi connectivity index (χ3n) is 6.24. The number of aromatic nitrogens is 7. The summed E-state index contributed by atoms with van der Waals surface area (Å²) in [5.74, 6) is -0.239. The topological polar surface area (TPSA) is 94.9 Å². The molecule has 0 saturated heterocycles. The molecular formula is C27H24N8O. The first kappa shape index (κ1) is 21.7. The molecule has 0 spiro atoms. The van der Waals surface area contributed by atoms with Gasteiger partial charge < -0.3 is 5.32 Å². The van der Waals surface area contributed by atoms with Gasteiger partial charge in [-0.25, -0.2) is 4.98 Å². The van der Waals surface area contributed by atoms with Crippen molar-refractivity contribution in [3.05, 3.63) is 96.1 Å². The van der Waals surface area contributed by atoms with Gasteiger partial charge in [-0.1, -0.05) is 12.1 Å². The smallest absolute Gasteiger partial charge is 0.274 e. The highest BCUT2D eigenvalue weighted by molar-refractivity contribution is 6.08. The molecule has 9 nitrogen and oxygen atoms in total. The predicted octanol–water partition coefficient (Wildman–Crippen LogP) is 4.40. The molecule has 36 heavy (non-hydrogen) atoms. The van der Waals surface area contributed by atoms with E-state index in [9.17, 15) is 4.79 Å². The maximum absolute atomic E-state index is 13.3. The summed E-state index contributed by atoms with van der Waals surface area (Å²) in [6.45, 7) is 4.48. The van der Waals surface area contributed by atoms with Crippen molar-refractivity contribution in [2.24, 2.45) is 7.05 Å². The summed E-state index contributed by atoms with van der Waals surface area (Å²) in [5, 5.41) is 12.9. The second kappa shape index (κ2) is 8.46. The van der Waals surface area contributed by atoms with E-state index >= 15 is 0 Å². The van der Waals surface area contributed by atoms with Gasteiger partial charge in [0.25, 0.3) is 5.91 Å². The van der Waals surface area contributed by atoms with Crippen molar-refractivity contribution < 1.29 is 4.79 Å². The second-order valence-corrected chi connectivity index (χ2v) is 8.86. The number of nitrogens with zero attached hydrogens (tertiary/aromatic N) is 7. The lowest BCUT2D eigenvalue weighted by Crippen LogP contribution is -2.14. The molecule has 0 fully saturated rings. The number of benzene rings is 1. The Balaban J connectivity index is 1.31. The molecule has 5 heterocycles. The molecule has 5 aromatic heterocycles. The largest absolute Gasteiger partial charge is 0.320 e. The minimum atomic E-state index is -0.239. The number of nitrogens with one attached hydrogen (secondary N) is 1. The number of hydrogen-bond acceptors (Lipinski definition) is 5. The fraction of sp³-hybridized carbons (Fsp3) is 0.148. The molecule has 0 bridgehead atoms. The number of carbonyl (C=O) groups excluding carboxylic acids is 1. The number of pyridine rings is 2. The molecule has 0 aliphatic carbocycles. The molecule has 0 radical (unpaired) electrons. The van der Waals surface area contributed by atoms with Gasteiger partial charge in [-0.3, -0.25) is 23.5 Å². The van der Waals surface area contributed by atoms with Crippen molar-refractivity contribution in [3.63, 3.8) is 0 Å². The highest BCUT2D eigenvalue weighted by Gasteiger charge is 2.17. The SMILES string of the molecule is Cc1cccc(Cn2nc(C)c3c(NC(=O)c4cnc5cc(-c6cnn(C)c6)ccn45)cccc32)n1. The number of anilines is 1. The fourth-order valence-corrected chi connectivity index (χ4v) is 4.57. The summed E-state index contributed by atoms with van der Waals surface area (Å²) in [5.41, 5.74) is 7.52.